The lowest BCUT2D eigenvalue weighted by atomic mass is 9.87. The van der Waals surface area contributed by atoms with Gasteiger partial charge in [-0.05, 0) is 17.5 Å². The molecule has 0 fully saturated rings. The van der Waals surface area contributed by atoms with E-state index < -0.39 is 5.92 Å². The van der Waals surface area contributed by atoms with Crippen molar-refractivity contribution < 1.29 is 9.72 Å². The van der Waals surface area contributed by atoms with Gasteiger partial charge in [0.1, 0.15) is 0 Å². The van der Waals surface area contributed by atoms with E-state index in [9.17, 15) is 14.9 Å². The summed E-state index contributed by atoms with van der Waals surface area (Å²) in [5, 5.41) is 15.6. The van der Waals surface area contributed by atoms with Crippen molar-refractivity contribution in [1.29, 1.82) is 0 Å². The summed E-state index contributed by atoms with van der Waals surface area (Å²) in [6, 6.07) is 14.6. The SMILES string of the molecule is CC(C)CNC(=O)C[C@H](c1ccccc1[N+](=O)[O-])c1cn(C)c2ccccc12. The number of nitrogens with one attached hydrogen (secondary N) is 1. The molecule has 0 aliphatic heterocycles. The number of hydrogen-bond acceptors (Lipinski definition) is 3. The third-order valence-electron chi connectivity index (χ3n) is 4.91. The zero-order valence-electron chi connectivity index (χ0n) is 16.4. The summed E-state index contributed by atoms with van der Waals surface area (Å²) in [4.78, 5) is 23.9. The Bertz CT molecular complexity index is 1010. The van der Waals surface area contributed by atoms with Crippen LogP contribution in [-0.4, -0.2) is 21.9 Å². The zero-order chi connectivity index (χ0) is 20.3. The number of amides is 1. The van der Waals surface area contributed by atoms with Gasteiger partial charge in [0, 0.05) is 54.7 Å². The van der Waals surface area contributed by atoms with Crippen LogP contribution in [0.25, 0.3) is 10.9 Å². The fourth-order valence-corrected chi connectivity index (χ4v) is 3.56. The van der Waals surface area contributed by atoms with E-state index in [0.29, 0.717) is 18.0 Å². The number of aromatic nitrogens is 1. The predicted octanol–water partition coefficient (Wildman–Crippen LogP) is 4.38. The lowest BCUT2D eigenvalue weighted by Gasteiger charge is -2.18. The average molecular weight is 379 g/mol. The van der Waals surface area contributed by atoms with Gasteiger partial charge < -0.3 is 9.88 Å². The maximum Gasteiger partial charge on any atom is 0.273 e. The van der Waals surface area contributed by atoms with Gasteiger partial charge in [-0.3, -0.25) is 14.9 Å². The Kier molecular flexibility index (Phi) is 5.78. The first-order valence-electron chi connectivity index (χ1n) is 9.42. The summed E-state index contributed by atoms with van der Waals surface area (Å²) < 4.78 is 2.00. The standard InChI is InChI=1S/C22H25N3O3/c1-15(2)13-23-22(26)12-18(16-8-5-7-11-21(16)25(27)28)19-14-24(3)20-10-6-4-9-17(19)20/h4-11,14-15,18H,12-13H2,1-3H3,(H,23,26)/t18-/m1/s1. The van der Waals surface area contributed by atoms with Crippen molar-refractivity contribution in [3.8, 4) is 0 Å². The summed E-state index contributed by atoms with van der Waals surface area (Å²) in [7, 11) is 1.95. The Hall–Kier alpha value is -3.15. The minimum Gasteiger partial charge on any atom is -0.356 e. The molecule has 146 valence electrons. The van der Waals surface area contributed by atoms with Crippen molar-refractivity contribution in [2.45, 2.75) is 26.2 Å². The maximum absolute atomic E-state index is 12.6. The van der Waals surface area contributed by atoms with Gasteiger partial charge in [-0.25, -0.2) is 0 Å². The molecule has 1 heterocycles. The molecule has 3 rings (SSSR count). The largest absolute Gasteiger partial charge is 0.356 e. The first-order valence-corrected chi connectivity index (χ1v) is 9.42. The lowest BCUT2D eigenvalue weighted by Crippen LogP contribution is -2.28. The van der Waals surface area contributed by atoms with Crippen molar-refractivity contribution in [2.24, 2.45) is 13.0 Å². The minimum atomic E-state index is -0.403. The molecule has 0 unspecified atom stereocenters. The Balaban J connectivity index is 2.10. The van der Waals surface area contributed by atoms with Crippen LogP contribution in [0.3, 0.4) is 0 Å². The number of carbonyl (C=O) groups excluding carboxylic acids is 1. The number of rotatable bonds is 7. The van der Waals surface area contributed by atoms with Crippen molar-refractivity contribution >= 4 is 22.5 Å². The highest BCUT2D eigenvalue weighted by Gasteiger charge is 2.28. The number of nitrogens with zero attached hydrogens (tertiary/aromatic N) is 2. The van der Waals surface area contributed by atoms with Gasteiger partial charge in [-0.2, -0.15) is 0 Å². The van der Waals surface area contributed by atoms with Crippen LogP contribution in [0.1, 0.15) is 37.3 Å². The van der Waals surface area contributed by atoms with Crippen molar-refractivity contribution in [3.63, 3.8) is 0 Å². The highest BCUT2D eigenvalue weighted by atomic mass is 16.6. The lowest BCUT2D eigenvalue weighted by molar-refractivity contribution is -0.385. The van der Waals surface area contributed by atoms with Crippen LogP contribution in [0.15, 0.2) is 54.7 Å². The molecule has 0 aliphatic carbocycles. The summed E-state index contributed by atoms with van der Waals surface area (Å²) in [5.74, 6) is -0.171. The molecule has 2 aromatic carbocycles. The first kappa shape index (κ1) is 19.6. The van der Waals surface area contributed by atoms with E-state index in [2.05, 4.69) is 5.32 Å². The molecule has 1 N–H and O–H groups in total. The zero-order valence-corrected chi connectivity index (χ0v) is 16.4. The third kappa shape index (κ3) is 4.06. The van der Waals surface area contributed by atoms with E-state index in [-0.39, 0.29) is 22.9 Å². The molecule has 0 bridgehead atoms. The second kappa shape index (κ2) is 8.25. The summed E-state index contributed by atoms with van der Waals surface area (Å²) in [6.07, 6.45) is 2.13. The molecule has 0 aliphatic rings. The van der Waals surface area contributed by atoms with Crippen LogP contribution >= 0.6 is 0 Å². The van der Waals surface area contributed by atoms with Gasteiger partial charge in [-0.15, -0.1) is 0 Å². The van der Waals surface area contributed by atoms with E-state index >= 15 is 0 Å². The topological polar surface area (TPSA) is 77.2 Å². The fourth-order valence-electron chi connectivity index (χ4n) is 3.56. The van der Waals surface area contributed by atoms with E-state index in [1.165, 1.54) is 6.07 Å². The Morgan fingerprint density at radius 3 is 2.50 bits per heavy atom. The van der Waals surface area contributed by atoms with Gasteiger partial charge in [-0.1, -0.05) is 50.2 Å². The number of nitro benzene ring substituents is 1. The van der Waals surface area contributed by atoms with Crippen LogP contribution in [-0.2, 0) is 11.8 Å². The highest BCUT2D eigenvalue weighted by Crippen LogP contribution is 2.38. The van der Waals surface area contributed by atoms with Crippen LogP contribution in [0, 0.1) is 16.0 Å². The van der Waals surface area contributed by atoms with Crippen LogP contribution < -0.4 is 5.32 Å². The summed E-state index contributed by atoms with van der Waals surface area (Å²) in [5.41, 5.74) is 2.55. The molecule has 1 aromatic heterocycles. The molecule has 6 heteroatoms. The summed E-state index contributed by atoms with van der Waals surface area (Å²) in [6.45, 7) is 4.65. The number of para-hydroxylation sites is 2. The molecule has 0 spiro atoms. The average Bonchev–Trinajstić information content (AvgIpc) is 3.01. The normalized spacial score (nSPS) is 12.3. The van der Waals surface area contributed by atoms with E-state index in [0.717, 1.165) is 16.5 Å². The molecule has 6 nitrogen and oxygen atoms in total. The second-order valence-electron chi connectivity index (χ2n) is 7.48. The van der Waals surface area contributed by atoms with Crippen molar-refractivity contribution in [1.82, 2.24) is 9.88 Å². The Labute approximate surface area is 164 Å². The summed E-state index contributed by atoms with van der Waals surface area (Å²) >= 11 is 0. The van der Waals surface area contributed by atoms with E-state index in [4.69, 9.17) is 0 Å². The molecule has 1 atom stereocenters. The molecule has 28 heavy (non-hydrogen) atoms. The first-order chi connectivity index (χ1) is 13.4. The van der Waals surface area contributed by atoms with Gasteiger partial charge in [0.15, 0.2) is 0 Å². The second-order valence-corrected chi connectivity index (χ2v) is 7.48. The number of fused-ring (bicyclic) bond motifs is 1. The molecule has 0 saturated carbocycles. The number of aryl methyl sites for hydroxylation is 1. The number of hydrogen-bond donors (Lipinski definition) is 1. The van der Waals surface area contributed by atoms with Crippen molar-refractivity contribution in [3.05, 3.63) is 76.0 Å². The molecule has 0 radical (unpaired) electrons. The Morgan fingerprint density at radius 1 is 1.11 bits per heavy atom. The minimum absolute atomic E-state index is 0.0390. The van der Waals surface area contributed by atoms with Gasteiger partial charge in [0.05, 0.1) is 4.92 Å². The quantitative estimate of drug-likeness (QED) is 0.489. The van der Waals surface area contributed by atoms with Crippen LogP contribution in [0.2, 0.25) is 0 Å². The number of carbonyl (C=O) groups is 1. The third-order valence-corrected chi connectivity index (χ3v) is 4.91. The van der Waals surface area contributed by atoms with Crippen LogP contribution in [0.5, 0.6) is 0 Å². The van der Waals surface area contributed by atoms with E-state index in [1.807, 2.05) is 55.9 Å². The Morgan fingerprint density at radius 2 is 1.79 bits per heavy atom. The number of nitro groups is 1. The van der Waals surface area contributed by atoms with Gasteiger partial charge in [0.2, 0.25) is 5.91 Å². The van der Waals surface area contributed by atoms with Crippen LogP contribution in [0.4, 0.5) is 5.69 Å². The van der Waals surface area contributed by atoms with Gasteiger partial charge in [0.25, 0.3) is 5.69 Å². The molecular formula is C22H25N3O3. The maximum atomic E-state index is 12.6. The smallest absolute Gasteiger partial charge is 0.273 e. The highest BCUT2D eigenvalue weighted by molar-refractivity contribution is 5.87. The predicted molar refractivity (Wildman–Crippen MR) is 110 cm³/mol. The van der Waals surface area contributed by atoms with E-state index in [1.54, 1.807) is 18.2 Å². The molecule has 3 aromatic rings. The molecule has 1 amide bonds. The fraction of sp³-hybridized carbons (Fsp3) is 0.318. The molecular weight excluding hydrogens is 354 g/mol. The van der Waals surface area contributed by atoms with Crippen molar-refractivity contribution in [2.75, 3.05) is 6.54 Å². The monoisotopic (exact) mass is 379 g/mol. The molecule has 0 saturated heterocycles. The number of benzene rings is 2. The van der Waals surface area contributed by atoms with Gasteiger partial charge >= 0.3 is 0 Å².